The Morgan fingerprint density at radius 1 is 0.676 bits per heavy atom. The third-order valence-corrected chi connectivity index (χ3v) is 7.69. The Morgan fingerprint density at radius 2 is 1.43 bits per heavy atom. The summed E-state index contributed by atoms with van der Waals surface area (Å²) in [6.45, 7) is 0. The Labute approximate surface area is 214 Å². The molecule has 1 unspecified atom stereocenters. The van der Waals surface area contributed by atoms with E-state index in [-0.39, 0.29) is 0 Å². The molecule has 0 N–H and O–H groups in total. The number of rotatable bonds is 3. The fourth-order valence-corrected chi connectivity index (χ4v) is 6.07. The van der Waals surface area contributed by atoms with Crippen molar-refractivity contribution < 1.29 is 0 Å². The van der Waals surface area contributed by atoms with Crippen LogP contribution in [0.25, 0.3) is 56.7 Å². The van der Waals surface area contributed by atoms with Crippen LogP contribution in [-0.2, 0) is 0 Å². The van der Waals surface area contributed by atoms with Crippen molar-refractivity contribution in [2.24, 2.45) is 0 Å². The van der Waals surface area contributed by atoms with Gasteiger partial charge in [0.1, 0.15) is 5.82 Å². The Balaban J connectivity index is 1.25. The highest BCUT2D eigenvalue weighted by Crippen LogP contribution is 2.52. The lowest BCUT2D eigenvalue weighted by molar-refractivity contribution is 0.844. The molecule has 6 aromatic rings. The lowest BCUT2D eigenvalue weighted by Gasteiger charge is -2.21. The van der Waals surface area contributed by atoms with Crippen LogP contribution in [0.3, 0.4) is 0 Å². The smallest absolute Gasteiger partial charge is 0.235 e. The van der Waals surface area contributed by atoms with Gasteiger partial charge in [-0.25, -0.2) is 15.0 Å². The fourth-order valence-electron chi connectivity index (χ4n) is 6.07. The van der Waals surface area contributed by atoms with Gasteiger partial charge in [-0.2, -0.15) is 0 Å². The van der Waals surface area contributed by atoms with Gasteiger partial charge >= 0.3 is 0 Å². The lowest BCUT2D eigenvalue weighted by atomic mass is 9.82. The summed E-state index contributed by atoms with van der Waals surface area (Å²) in [6.07, 6.45) is 9.25. The molecule has 0 bridgehead atoms. The topological polar surface area (TPSA) is 43.6 Å². The molecule has 37 heavy (non-hydrogen) atoms. The van der Waals surface area contributed by atoms with Crippen LogP contribution in [0.15, 0.2) is 109 Å². The predicted molar refractivity (Wildman–Crippen MR) is 148 cm³/mol. The van der Waals surface area contributed by atoms with E-state index in [1.54, 1.807) is 12.4 Å². The summed E-state index contributed by atoms with van der Waals surface area (Å²) in [7, 11) is 0. The van der Waals surface area contributed by atoms with Crippen molar-refractivity contribution in [2.75, 3.05) is 0 Å². The Hall–Kier alpha value is -4.83. The highest BCUT2D eigenvalue weighted by molar-refractivity contribution is 5.90. The van der Waals surface area contributed by atoms with Crippen molar-refractivity contribution in [3.05, 3.63) is 126 Å². The molecule has 4 aromatic carbocycles. The van der Waals surface area contributed by atoms with Crippen LogP contribution in [0, 0.1) is 0 Å². The van der Waals surface area contributed by atoms with Crippen molar-refractivity contribution in [2.45, 2.75) is 12.3 Å². The van der Waals surface area contributed by atoms with Gasteiger partial charge in [0.25, 0.3) is 0 Å². The molecular weight excluding hydrogens is 452 g/mol. The molecule has 8 rings (SSSR count). The molecule has 2 aliphatic rings. The second-order valence-electron chi connectivity index (χ2n) is 9.65. The van der Waals surface area contributed by atoms with E-state index < -0.39 is 0 Å². The van der Waals surface area contributed by atoms with E-state index in [0.29, 0.717) is 11.9 Å². The minimum Gasteiger partial charge on any atom is -0.260 e. The number of hydrogen-bond acceptors (Lipinski definition) is 3. The van der Waals surface area contributed by atoms with Gasteiger partial charge in [0.05, 0.1) is 11.0 Å². The van der Waals surface area contributed by atoms with Crippen molar-refractivity contribution in [3.8, 4) is 39.6 Å². The van der Waals surface area contributed by atoms with Crippen LogP contribution in [0.1, 0.15) is 29.0 Å². The minimum atomic E-state index is 0.455. The number of aromatic nitrogens is 4. The molecule has 0 radical (unpaired) electrons. The molecule has 4 heteroatoms. The number of allylic oxidation sites excluding steroid dienone is 1. The van der Waals surface area contributed by atoms with Gasteiger partial charge in [0.2, 0.25) is 5.95 Å². The van der Waals surface area contributed by atoms with E-state index in [2.05, 4.69) is 88.9 Å². The second kappa shape index (κ2) is 7.84. The largest absolute Gasteiger partial charge is 0.260 e. The number of para-hydroxylation sites is 2. The van der Waals surface area contributed by atoms with E-state index in [0.717, 1.165) is 28.8 Å². The quantitative estimate of drug-likeness (QED) is 0.264. The van der Waals surface area contributed by atoms with Crippen molar-refractivity contribution in [1.29, 1.82) is 0 Å². The van der Waals surface area contributed by atoms with Crippen LogP contribution >= 0.6 is 0 Å². The Morgan fingerprint density at radius 3 is 2.32 bits per heavy atom. The number of fused-ring (bicyclic) bond motifs is 4. The molecule has 0 fully saturated rings. The molecule has 1 atom stereocenters. The number of benzene rings is 4. The monoisotopic (exact) mass is 474 g/mol. The van der Waals surface area contributed by atoms with Crippen LogP contribution < -0.4 is 0 Å². The highest BCUT2D eigenvalue weighted by atomic mass is 15.2. The molecule has 174 valence electrons. The van der Waals surface area contributed by atoms with Crippen molar-refractivity contribution in [3.63, 3.8) is 0 Å². The van der Waals surface area contributed by atoms with Gasteiger partial charge < -0.3 is 0 Å². The first-order valence-corrected chi connectivity index (χ1v) is 12.7. The SMILES string of the molecule is C1=Cc2c(-c3ccc(-c4nc5ccccc5n4-c4ncccn4)cc3)ccc3c2C(C1)c1ccccc1-3. The number of hydrogen-bond donors (Lipinski definition) is 0. The number of nitrogens with zero attached hydrogens (tertiary/aromatic N) is 4. The van der Waals surface area contributed by atoms with Gasteiger partial charge in [0.15, 0.2) is 0 Å². The van der Waals surface area contributed by atoms with Crippen molar-refractivity contribution >= 4 is 17.1 Å². The molecule has 0 amide bonds. The summed E-state index contributed by atoms with van der Waals surface area (Å²) in [5, 5.41) is 0. The summed E-state index contributed by atoms with van der Waals surface area (Å²) in [6, 6.07) is 32.2. The lowest BCUT2D eigenvalue weighted by Crippen LogP contribution is -2.03. The average molecular weight is 475 g/mol. The highest BCUT2D eigenvalue weighted by Gasteiger charge is 2.32. The zero-order valence-corrected chi connectivity index (χ0v) is 20.0. The molecular formula is C33H22N4. The van der Waals surface area contributed by atoms with Crippen LogP contribution in [0.2, 0.25) is 0 Å². The van der Waals surface area contributed by atoms with E-state index >= 15 is 0 Å². The molecule has 0 aliphatic heterocycles. The van der Waals surface area contributed by atoms with Crippen LogP contribution in [0.5, 0.6) is 0 Å². The molecule has 2 aromatic heterocycles. The first-order valence-electron chi connectivity index (χ1n) is 12.7. The summed E-state index contributed by atoms with van der Waals surface area (Å²) < 4.78 is 2.04. The first kappa shape index (κ1) is 20.4. The van der Waals surface area contributed by atoms with E-state index in [1.807, 2.05) is 28.8 Å². The second-order valence-corrected chi connectivity index (χ2v) is 9.65. The van der Waals surface area contributed by atoms with Crippen molar-refractivity contribution in [1.82, 2.24) is 19.5 Å². The summed E-state index contributed by atoms with van der Waals surface area (Å²) in [4.78, 5) is 14.0. The minimum absolute atomic E-state index is 0.455. The van der Waals surface area contributed by atoms with Gasteiger partial charge in [0, 0.05) is 23.9 Å². The standard InChI is InChI=1S/C33H22N4/c1-2-8-25-24(7-1)27-10-5-9-26-23(17-18-28(25)31(26)27)21-13-15-22(16-14-21)32-36-29-11-3-4-12-30(29)37(32)33-34-19-6-20-35-33/h1-9,11-20,27H,10H2. The maximum atomic E-state index is 4.96. The van der Waals surface area contributed by atoms with Crippen LogP contribution in [-0.4, -0.2) is 19.5 Å². The van der Waals surface area contributed by atoms with E-state index in [4.69, 9.17) is 4.98 Å². The van der Waals surface area contributed by atoms with Gasteiger partial charge in [-0.05, 0) is 63.6 Å². The molecule has 4 nitrogen and oxygen atoms in total. The van der Waals surface area contributed by atoms with E-state index in [1.165, 1.54) is 38.9 Å². The molecule has 0 saturated carbocycles. The third kappa shape index (κ3) is 2.99. The summed E-state index contributed by atoms with van der Waals surface area (Å²) >= 11 is 0. The normalized spacial score (nSPS) is 15.1. The third-order valence-electron chi connectivity index (χ3n) is 7.69. The molecule has 2 aliphatic carbocycles. The van der Waals surface area contributed by atoms with Gasteiger partial charge in [-0.15, -0.1) is 0 Å². The molecule has 0 spiro atoms. The first-order chi connectivity index (χ1) is 18.4. The van der Waals surface area contributed by atoms with E-state index in [9.17, 15) is 0 Å². The summed E-state index contributed by atoms with van der Waals surface area (Å²) in [5.41, 5.74) is 12.5. The van der Waals surface area contributed by atoms with Gasteiger partial charge in [-0.1, -0.05) is 84.9 Å². The van der Waals surface area contributed by atoms with Gasteiger partial charge in [-0.3, -0.25) is 4.57 Å². The van der Waals surface area contributed by atoms with Crippen LogP contribution in [0.4, 0.5) is 0 Å². The predicted octanol–water partition coefficient (Wildman–Crippen LogP) is 7.68. The zero-order valence-electron chi connectivity index (χ0n) is 20.0. The number of imidazole rings is 1. The molecule has 0 saturated heterocycles. The maximum Gasteiger partial charge on any atom is 0.235 e. The zero-order chi connectivity index (χ0) is 24.3. The average Bonchev–Trinajstić information content (AvgIpc) is 3.52. The fraction of sp³-hybridized carbons (Fsp3) is 0.0606. The molecule has 2 heterocycles. The Bertz CT molecular complexity index is 1850. The Kier molecular flexibility index (Phi) is 4.31. The summed E-state index contributed by atoms with van der Waals surface area (Å²) in [5.74, 6) is 1.91. The maximum absolute atomic E-state index is 4.96.